The Labute approximate surface area is 202 Å². The van der Waals surface area contributed by atoms with Crippen LogP contribution in [0, 0.1) is 6.92 Å². The van der Waals surface area contributed by atoms with E-state index in [9.17, 15) is 9.59 Å². The summed E-state index contributed by atoms with van der Waals surface area (Å²) in [5.41, 5.74) is 12.7. The molecule has 0 radical (unpaired) electrons. The van der Waals surface area contributed by atoms with E-state index in [2.05, 4.69) is 10.1 Å². The van der Waals surface area contributed by atoms with Crippen LogP contribution in [0.25, 0.3) is 5.65 Å². The Morgan fingerprint density at radius 3 is 2.51 bits per heavy atom. The lowest BCUT2D eigenvalue weighted by Gasteiger charge is -2.37. The second kappa shape index (κ2) is 8.98. The maximum absolute atomic E-state index is 13.7. The number of ether oxygens (including phenoxy) is 2. The van der Waals surface area contributed by atoms with E-state index in [0.717, 1.165) is 5.56 Å². The van der Waals surface area contributed by atoms with Crippen molar-refractivity contribution in [2.24, 2.45) is 5.73 Å². The molecule has 0 aliphatic carbocycles. The molecule has 0 atom stereocenters. The molecule has 0 saturated heterocycles. The van der Waals surface area contributed by atoms with Crippen molar-refractivity contribution in [1.29, 1.82) is 0 Å². The number of amides is 2. The Morgan fingerprint density at radius 1 is 1.03 bits per heavy atom. The van der Waals surface area contributed by atoms with Gasteiger partial charge in [-0.05, 0) is 63.6 Å². The standard InChI is InChI=1S/C25H26N6O4/c1-15-8-9-18(34-22-11-10-21-28-20(26)14-30(21)29-22)13-19(15)31(25(2,3)4)23(32)16-6-5-7-17(12-16)35-24(27)33/h5-14H,26H2,1-4H3,(H2,27,33). The smallest absolute Gasteiger partial charge is 0.409 e. The number of hydrogen-bond acceptors (Lipinski definition) is 7. The van der Waals surface area contributed by atoms with Crippen molar-refractivity contribution in [3.05, 3.63) is 71.9 Å². The van der Waals surface area contributed by atoms with Crippen molar-refractivity contribution in [3.8, 4) is 17.4 Å². The van der Waals surface area contributed by atoms with Gasteiger partial charge in [0.2, 0.25) is 5.88 Å². The summed E-state index contributed by atoms with van der Waals surface area (Å²) in [4.78, 5) is 30.6. The summed E-state index contributed by atoms with van der Waals surface area (Å²) in [6.45, 7) is 7.71. The monoisotopic (exact) mass is 474 g/mol. The number of benzene rings is 2. The van der Waals surface area contributed by atoms with Gasteiger partial charge in [0.1, 0.15) is 17.3 Å². The summed E-state index contributed by atoms with van der Waals surface area (Å²) >= 11 is 0. The molecule has 0 unspecified atom stereocenters. The number of aromatic nitrogens is 3. The first-order chi connectivity index (χ1) is 16.5. The predicted molar refractivity (Wildman–Crippen MR) is 132 cm³/mol. The van der Waals surface area contributed by atoms with Crippen molar-refractivity contribution >= 4 is 29.2 Å². The fraction of sp³-hybridized carbons (Fsp3) is 0.200. The van der Waals surface area contributed by atoms with E-state index in [1.807, 2.05) is 33.8 Å². The van der Waals surface area contributed by atoms with Gasteiger partial charge in [-0.3, -0.25) is 4.79 Å². The van der Waals surface area contributed by atoms with Crippen molar-refractivity contribution in [2.45, 2.75) is 33.2 Å². The second-order valence-corrected chi connectivity index (χ2v) is 8.95. The predicted octanol–water partition coefficient (Wildman–Crippen LogP) is 4.32. The highest BCUT2D eigenvalue weighted by Crippen LogP contribution is 2.34. The molecule has 10 heteroatoms. The van der Waals surface area contributed by atoms with Crippen molar-refractivity contribution in [3.63, 3.8) is 0 Å². The minimum Gasteiger partial charge on any atom is -0.438 e. The minimum absolute atomic E-state index is 0.188. The second-order valence-electron chi connectivity index (χ2n) is 8.95. The molecular formula is C25H26N6O4. The number of carbonyl (C=O) groups is 2. The SMILES string of the molecule is Cc1ccc(Oc2ccc3nc(N)cn3n2)cc1N(C(=O)c1cccc(OC(N)=O)c1)C(C)(C)C. The molecular weight excluding hydrogens is 448 g/mol. The summed E-state index contributed by atoms with van der Waals surface area (Å²) in [6.07, 6.45) is 0.645. The van der Waals surface area contributed by atoms with Crippen LogP contribution in [-0.2, 0) is 0 Å². The van der Waals surface area contributed by atoms with Crippen molar-refractivity contribution in [2.75, 3.05) is 10.6 Å². The van der Waals surface area contributed by atoms with Crippen LogP contribution in [-0.4, -0.2) is 32.1 Å². The molecule has 2 heterocycles. The molecule has 2 amide bonds. The van der Waals surface area contributed by atoms with Gasteiger partial charge in [0, 0.05) is 23.2 Å². The first-order valence-corrected chi connectivity index (χ1v) is 10.8. The molecule has 0 aliphatic heterocycles. The largest absolute Gasteiger partial charge is 0.438 e. The zero-order valence-corrected chi connectivity index (χ0v) is 19.9. The van der Waals surface area contributed by atoms with Crippen LogP contribution in [0.15, 0.2) is 60.8 Å². The van der Waals surface area contributed by atoms with Gasteiger partial charge in [-0.25, -0.2) is 14.3 Å². The van der Waals surface area contributed by atoms with Crippen LogP contribution in [0.4, 0.5) is 16.3 Å². The molecule has 4 rings (SSSR count). The number of nitrogen functional groups attached to an aromatic ring is 1. The zero-order valence-electron chi connectivity index (χ0n) is 19.9. The van der Waals surface area contributed by atoms with Gasteiger partial charge < -0.3 is 25.8 Å². The Kier molecular flexibility index (Phi) is 6.04. The van der Waals surface area contributed by atoms with Crippen molar-refractivity contribution in [1.82, 2.24) is 14.6 Å². The third-order valence-corrected chi connectivity index (χ3v) is 5.13. The van der Waals surface area contributed by atoms with E-state index >= 15 is 0 Å². The number of imidazole rings is 1. The summed E-state index contributed by atoms with van der Waals surface area (Å²) in [5.74, 6) is 1.11. The molecule has 2 aromatic heterocycles. The maximum atomic E-state index is 13.7. The van der Waals surface area contributed by atoms with E-state index < -0.39 is 11.6 Å². The number of nitrogens with zero attached hydrogens (tertiary/aromatic N) is 4. The number of nitrogens with two attached hydrogens (primary N) is 2. The first kappa shape index (κ1) is 23.6. The molecule has 0 saturated carbocycles. The molecule has 0 aliphatic rings. The molecule has 0 spiro atoms. The third-order valence-electron chi connectivity index (χ3n) is 5.13. The van der Waals surface area contributed by atoms with E-state index in [4.69, 9.17) is 20.9 Å². The lowest BCUT2D eigenvalue weighted by atomic mass is 10.0. The van der Waals surface area contributed by atoms with E-state index in [0.29, 0.717) is 34.3 Å². The minimum atomic E-state index is -0.951. The Bertz CT molecular complexity index is 1420. The summed E-state index contributed by atoms with van der Waals surface area (Å²) < 4.78 is 12.5. The summed E-state index contributed by atoms with van der Waals surface area (Å²) in [5, 5.41) is 4.37. The molecule has 0 fully saturated rings. The van der Waals surface area contributed by atoms with Gasteiger partial charge in [-0.15, -0.1) is 5.10 Å². The van der Waals surface area contributed by atoms with Crippen LogP contribution in [0.1, 0.15) is 36.7 Å². The van der Waals surface area contributed by atoms with Gasteiger partial charge >= 0.3 is 6.09 Å². The molecule has 35 heavy (non-hydrogen) atoms. The highest BCUT2D eigenvalue weighted by atomic mass is 16.5. The molecule has 10 nitrogen and oxygen atoms in total. The van der Waals surface area contributed by atoms with E-state index in [1.165, 1.54) is 10.6 Å². The van der Waals surface area contributed by atoms with Gasteiger partial charge in [-0.1, -0.05) is 12.1 Å². The zero-order chi connectivity index (χ0) is 25.3. The number of carbonyl (C=O) groups excluding carboxylic acids is 2. The van der Waals surface area contributed by atoms with Crippen LogP contribution in [0.2, 0.25) is 0 Å². The average Bonchev–Trinajstić information content (AvgIpc) is 3.14. The first-order valence-electron chi connectivity index (χ1n) is 10.8. The van der Waals surface area contributed by atoms with E-state index in [1.54, 1.807) is 53.6 Å². The Balaban J connectivity index is 1.69. The number of anilines is 2. The average molecular weight is 475 g/mol. The Hall–Kier alpha value is -4.60. The van der Waals surface area contributed by atoms with Crippen molar-refractivity contribution < 1.29 is 19.1 Å². The molecule has 2 aromatic carbocycles. The Morgan fingerprint density at radius 2 is 1.80 bits per heavy atom. The van der Waals surface area contributed by atoms with Gasteiger partial charge in [0.15, 0.2) is 5.65 Å². The highest BCUT2D eigenvalue weighted by molar-refractivity contribution is 6.07. The molecule has 4 N–H and O–H groups in total. The van der Waals surface area contributed by atoms with Crippen LogP contribution < -0.4 is 25.8 Å². The number of primary amides is 1. The lowest BCUT2D eigenvalue weighted by molar-refractivity contribution is 0.0965. The summed E-state index contributed by atoms with van der Waals surface area (Å²) in [7, 11) is 0. The normalized spacial score (nSPS) is 11.3. The number of fused-ring (bicyclic) bond motifs is 1. The summed E-state index contributed by atoms with van der Waals surface area (Å²) in [6, 6.07) is 15.2. The fourth-order valence-corrected chi connectivity index (χ4v) is 3.66. The van der Waals surface area contributed by atoms with Crippen LogP contribution in [0.3, 0.4) is 0 Å². The lowest BCUT2D eigenvalue weighted by Crippen LogP contribution is -2.46. The number of aryl methyl sites for hydroxylation is 1. The van der Waals surface area contributed by atoms with Gasteiger partial charge in [0.05, 0.1) is 11.9 Å². The quantitative estimate of drug-likeness (QED) is 0.439. The number of hydrogen-bond donors (Lipinski definition) is 2. The van der Waals surface area contributed by atoms with Crippen LogP contribution in [0.5, 0.6) is 17.4 Å². The van der Waals surface area contributed by atoms with Gasteiger partial charge in [0.25, 0.3) is 5.91 Å². The molecule has 180 valence electrons. The number of rotatable bonds is 5. The molecule has 4 aromatic rings. The van der Waals surface area contributed by atoms with Crippen LogP contribution >= 0.6 is 0 Å². The van der Waals surface area contributed by atoms with E-state index in [-0.39, 0.29) is 11.7 Å². The third kappa shape index (κ3) is 5.16. The fourth-order valence-electron chi connectivity index (χ4n) is 3.66. The highest BCUT2D eigenvalue weighted by Gasteiger charge is 2.30. The van der Waals surface area contributed by atoms with Gasteiger partial charge in [-0.2, -0.15) is 0 Å². The topological polar surface area (TPSA) is 138 Å². The molecule has 0 bridgehead atoms. The maximum Gasteiger partial charge on any atom is 0.409 e.